The standard InChI is InChI=1S/C12H16/c1-3-7-11-9-5-2-6-10-12(11)8-4-1/h1,3,7-8H,2,4-6,9-10H2. The van der Waals surface area contributed by atoms with Gasteiger partial charge in [0.25, 0.3) is 0 Å². The molecule has 0 spiro atoms. The number of rotatable bonds is 0. The van der Waals surface area contributed by atoms with Crippen LogP contribution in [-0.4, -0.2) is 0 Å². The van der Waals surface area contributed by atoms with Gasteiger partial charge in [0.05, 0.1) is 0 Å². The molecule has 0 saturated heterocycles. The summed E-state index contributed by atoms with van der Waals surface area (Å²) in [7, 11) is 0. The molecule has 1 saturated carbocycles. The van der Waals surface area contributed by atoms with Crippen LogP contribution < -0.4 is 0 Å². The van der Waals surface area contributed by atoms with E-state index in [1.54, 1.807) is 11.1 Å². The van der Waals surface area contributed by atoms with Crippen LogP contribution >= 0.6 is 0 Å². The Morgan fingerprint density at radius 1 is 0.917 bits per heavy atom. The van der Waals surface area contributed by atoms with E-state index in [0.29, 0.717) is 0 Å². The van der Waals surface area contributed by atoms with Crippen molar-refractivity contribution in [3.63, 3.8) is 0 Å². The monoisotopic (exact) mass is 160 g/mol. The molecule has 64 valence electrons. The molecule has 0 aromatic carbocycles. The third-order valence-electron chi connectivity index (χ3n) is 2.74. The average Bonchev–Trinajstić information content (AvgIpc) is 2.38. The Bertz CT molecular complexity index is 241. The Morgan fingerprint density at radius 3 is 2.67 bits per heavy atom. The molecule has 0 aromatic rings. The zero-order chi connectivity index (χ0) is 8.23. The minimum absolute atomic E-state index is 1.13. The summed E-state index contributed by atoms with van der Waals surface area (Å²) >= 11 is 0. The van der Waals surface area contributed by atoms with Gasteiger partial charge in [0.2, 0.25) is 0 Å². The fourth-order valence-electron chi connectivity index (χ4n) is 2.03. The summed E-state index contributed by atoms with van der Waals surface area (Å²) in [6.45, 7) is 0. The van der Waals surface area contributed by atoms with Gasteiger partial charge in [0, 0.05) is 0 Å². The van der Waals surface area contributed by atoms with Gasteiger partial charge in [0.15, 0.2) is 0 Å². The van der Waals surface area contributed by atoms with E-state index in [1.165, 1.54) is 32.1 Å². The van der Waals surface area contributed by atoms with Gasteiger partial charge in [-0.2, -0.15) is 0 Å². The van der Waals surface area contributed by atoms with Crippen molar-refractivity contribution >= 4 is 0 Å². The lowest BCUT2D eigenvalue weighted by Crippen LogP contribution is -1.85. The minimum Gasteiger partial charge on any atom is -0.0807 e. The molecule has 2 rings (SSSR count). The summed E-state index contributed by atoms with van der Waals surface area (Å²) in [5.74, 6) is 0. The summed E-state index contributed by atoms with van der Waals surface area (Å²) in [5.41, 5.74) is 3.22. The highest BCUT2D eigenvalue weighted by Crippen LogP contribution is 2.28. The second-order valence-electron chi connectivity index (χ2n) is 3.65. The molecule has 0 heterocycles. The molecule has 0 nitrogen and oxygen atoms in total. The van der Waals surface area contributed by atoms with Crippen molar-refractivity contribution in [2.75, 3.05) is 0 Å². The Kier molecular flexibility index (Phi) is 2.45. The number of hydrogen-bond donors (Lipinski definition) is 0. The van der Waals surface area contributed by atoms with E-state index in [0.717, 1.165) is 6.42 Å². The lowest BCUT2D eigenvalue weighted by molar-refractivity contribution is 0.719. The van der Waals surface area contributed by atoms with E-state index >= 15 is 0 Å². The van der Waals surface area contributed by atoms with Gasteiger partial charge in [-0.15, -0.1) is 0 Å². The molecule has 2 aliphatic carbocycles. The van der Waals surface area contributed by atoms with Gasteiger partial charge in [-0.25, -0.2) is 0 Å². The molecule has 0 heteroatoms. The topological polar surface area (TPSA) is 0 Å². The van der Waals surface area contributed by atoms with Crippen LogP contribution in [-0.2, 0) is 0 Å². The SMILES string of the molecule is C1=CCC=C2CCCCCC2=C1. The molecule has 2 aliphatic rings. The van der Waals surface area contributed by atoms with E-state index in [2.05, 4.69) is 24.3 Å². The summed E-state index contributed by atoms with van der Waals surface area (Å²) < 4.78 is 0. The van der Waals surface area contributed by atoms with Gasteiger partial charge < -0.3 is 0 Å². The molecule has 0 radical (unpaired) electrons. The van der Waals surface area contributed by atoms with Gasteiger partial charge in [-0.3, -0.25) is 0 Å². The molecule has 0 aromatic heterocycles. The van der Waals surface area contributed by atoms with E-state index in [1.807, 2.05) is 0 Å². The maximum atomic E-state index is 2.40. The number of hydrogen-bond acceptors (Lipinski definition) is 0. The molecule has 12 heavy (non-hydrogen) atoms. The van der Waals surface area contributed by atoms with Crippen LogP contribution in [0.4, 0.5) is 0 Å². The summed E-state index contributed by atoms with van der Waals surface area (Å²) in [6, 6.07) is 0. The number of fused-ring (bicyclic) bond motifs is 1. The maximum Gasteiger partial charge on any atom is -0.0160 e. The van der Waals surface area contributed by atoms with Crippen molar-refractivity contribution < 1.29 is 0 Å². The van der Waals surface area contributed by atoms with Crippen molar-refractivity contribution in [1.29, 1.82) is 0 Å². The highest BCUT2D eigenvalue weighted by atomic mass is 14.1. The molecule has 0 aliphatic heterocycles. The van der Waals surface area contributed by atoms with Crippen LogP contribution in [0.1, 0.15) is 38.5 Å². The van der Waals surface area contributed by atoms with E-state index in [4.69, 9.17) is 0 Å². The second kappa shape index (κ2) is 3.75. The Hall–Kier alpha value is -0.780. The number of allylic oxidation sites excluding steroid dienone is 6. The van der Waals surface area contributed by atoms with Gasteiger partial charge in [0.1, 0.15) is 0 Å². The fourth-order valence-corrected chi connectivity index (χ4v) is 2.03. The van der Waals surface area contributed by atoms with Crippen LogP contribution in [0.5, 0.6) is 0 Å². The molecular weight excluding hydrogens is 144 g/mol. The first-order valence-electron chi connectivity index (χ1n) is 5.02. The molecule has 0 amide bonds. The molecule has 0 N–H and O–H groups in total. The highest BCUT2D eigenvalue weighted by molar-refractivity contribution is 5.36. The van der Waals surface area contributed by atoms with E-state index in [9.17, 15) is 0 Å². The first kappa shape index (κ1) is 7.85. The lowest BCUT2D eigenvalue weighted by Gasteiger charge is -2.04. The first-order valence-corrected chi connectivity index (χ1v) is 5.02. The maximum absolute atomic E-state index is 2.40. The third kappa shape index (κ3) is 1.69. The van der Waals surface area contributed by atoms with Crippen molar-refractivity contribution in [2.45, 2.75) is 38.5 Å². The Balaban J connectivity index is 2.23. The zero-order valence-corrected chi connectivity index (χ0v) is 7.55. The van der Waals surface area contributed by atoms with Crippen LogP contribution in [0.15, 0.2) is 35.5 Å². The summed E-state index contributed by atoms with van der Waals surface area (Å²) in [5, 5.41) is 0. The zero-order valence-electron chi connectivity index (χ0n) is 7.55. The highest BCUT2D eigenvalue weighted by Gasteiger charge is 2.09. The normalized spacial score (nSPS) is 23.3. The largest absolute Gasteiger partial charge is 0.0807 e. The van der Waals surface area contributed by atoms with Crippen molar-refractivity contribution in [3.05, 3.63) is 35.5 Å². The van der Waals surface area contributed by atoms with Gasteiger partial charge in [-0.05, 0) is 43.3 Å². The van der Waals surface area contributed by atoms with Crippen LogP contribution in [0.3, 0.4) is 0 Å². The second-order valence-corrected chi connectivity index (χ2v) is 3.65. The smallest absolute Gasteiger partial charge is 0.0160 e. The Labute approximate surface area is 74.7 Å². The summed E-state index contributed by atoms with van der Waals surface area (Å²) in [6.07, 6.45) is 17.1. The first-order chi connectivity index (χ1) is 5.97. The lowest BCUT2D eigenvalue weighted by atomic mass is 10.0. The average molecular weight is 160 g/mol. The molecule has 0 atom stereocenters. The minimum atomic E-state index is 1.13. The van der Waals surface area contributed by atoms with Crippen LogP contribution in [0.2, 0.25) is 0 Å². The van der Waals surface area contributed by atoms with E-state index < -0.39 is 0 Å². The van der Waals surface area contributed by atoms with Crippen LogP contribution in [0, 0.1) is 0 Å². The predicted molar refractivity (Wildman–Crippen MR) is 53.0 cm³/mol. The molecule has 0 bridgehead atoms. The third-order valence-corrected chi connectivity index (χ3v) is 2.74. The molecule has 0 unspecified atom stereocenters. The summed E-state index contributed by atoms with van der Waals surface area (Å²) in [4.78, 5) is 0. The van der Waals surface area contributed by atoms with Crippen LogP contribution in [0.25, 0.3) is 0 Å². The predicted octanol–water partition coefficient (Wildman–Crippen LogP) is 3.76. The van der Waals surface area contributed by atoms with Gasteiger partial charge >= 0.3 is 0 Å². The quantitative estimate of drug-likeness (QED) is 0.506. The van der Waals surface area contributed by atoms with Crippen molar-refractivity contribution in [3.8, 4) is 0 Å². The van der Waals surface area contributed by atoms with E-state index in [-0.39, 0.29) is 0 Å². The molecular formula is C12H16. The molecule has 1 fully saturated rings. The van der Waals surface area contributed by atoms with Gasteiger partial charge in [-0.1, -0.05) is 30.7 Å². The van der Waals surface area contributed by atoms with Crippen molar-refractivity contribution in [2.24, 2.45) is 0 Å². The Morgan fingerprint density at radius 2 is 1.75 bits per heavy atom. The fraction of sp³-hybridized carbons (Fsp3) is 0.500. The van der Waals surface area contributed by atoms with Crippen molar-refractivity contribution in [1.82, 2.24) is 0 Å².